The van der Waals surface area contributed by atoms with Crippen LogP contribution in [-0.2, 0) is 4.79 Å². The van der Waals surface area contributed by atoms with Crippen molar-refractivity contribution in [2.45, 2.75) is 13.8 Å². The van der Waals surface area contributed by atoms with Crippen molar-refractivity contribution in [3.63, 3.8) is 0 Å². The Balaban J connectivity index is 1.94. The second kappa shape index (κ2) is 10.3. The highest BCUT2D eigenvalue weighted by Gasteiger charge is 2.10. The molecule has 1 amide bonds. The van der Waals surface area contributed by atoms with E-state index in [-0.39, 0.29) is 12.5 Å². The van der Waals surface area contributed by atoms with Crippen LogP contribution in [0.25, 0.3) is 0 Å². The van der Waals surface area contributed by atoms with Gasteiger partial charge in [0.15, 0.2) is 18.1 Å². The number of hydrogen-bond donors (Lipinski definition) is 1. The van der Waals surface area contributed by atoms with Gasteiger partial charge in [0.1, 0.15) is 5.75 Å². The Morgan fingerprint density at radius 1 is 1.15 bits per heavy atom. The van der Waals surface area contributed by atoms with Crippen LogP contribution in [-0.4, -0.2) is 32.4 Å². The number of carbonyl (C=O) groups is 1. The van der Waals surface area contributed by atoms with Gasteiger partial charge >= 0.3 is 0 Å². The van der Waals surface area contributed by atoms with E-state index in [4.69, 9.17) is 14.2 Å². The highest BCUT2D eigenvalue weighted by atomic mass is 79.9. The first-order valence-electron chi connectivity index (χ1n) is 8.15. The standard InChI is InChI=1S/C19H20Br2N2O4/c1-4-26-19-15(21)8-13(9-17(19)25-3)10-22-23-18(24)11-27-16-6-5-12(2)7-14(16)20/h5-10H,4,11H2,1-3H3,(H,23,24)/b22-10+. The molecule has 144 valence electrons. The molecule has 0 aromatic heterocycles. The molecule has 0 heterocycles. The van der Waals surface area contributed by atoms with Gasteiger partial charge in [-0.1, -0.05) is 6.07 Å². The number of halogens is 2. The second-order valence-corrected chi connectivity index (χ2v) is 7.19. The Morgan fingerprint density at radius 3 is 2.59 bits per heavy atom. The Kier molecular flexibility index (Phi) is 8.12. The fourth-order valence-electron chi connectivity index (χ4n) is 2.18. The van der Waals surface area contributed by atoms with Crippen molar-refractivity contribution >= 4 is 44.0 Å². The topological polar surface area (TPSA) is 69.2 Å². The molecule has 0 unspecified atom stereocenters. The van der Waals surface area contributed by atoms with Crippen molar-refractivity contribution in [2.75, 3.05) is 20.3 Å². The van der Waals surface area contributed by atoms with Gasteiger partial charge in [0.05, 0.1) is 28.9 Å². The smallest absolute Gasteiger partial charge is 0.277 e. The van der Waals surface area contributed by atoms with E-state index < -0.39 is 0 Å². The van der Waals surface area contributed by atoms with Crippen LogP contribution in [0.5, 0.6) is 17.2 Å². The van der Waals surface area contributed by atoms with Gasteiger partial charge in [0, 0.05) is 0 Å². The van der Waals surface area contributed by atoms with Crippen LogP contribution in [0.15, 0.2) is 44.4 Å². The summed E-state index contributed by atoms with van der Waals surface area (Å²) in [5.74, 6) is 1.43. The lowest BCUT2D eigenvalue weighted by molar-refractivity contribution is -0.123. The number of hydrogen-bond acceptors (Lipinski definition) is 5. The van der Waals surface area contributed by atoms with Gasteiger partial charge in [-0.3, -0.25) is 4.79 Å². The summed E-state index contributed by atoms with van der Waals surface area (Å²) in [5.41, 5.74) is 4.27. The van der Waals surface area contributed by atoms with Crippen molar-refractivity contribution in [1.82, 2.24) is 5.43 Å². The van der Waals surface area contributed by atoms with Gasteiger partial charge in [-0.15, -0.1) is 0 Å². The number of ether oxygens (including phenoxy) is 3. The molecule has 2 aromatic carbocycles. The second-order valence-electron chi connectivity index (χ2n) is 5.48. The predicted molar refractivity (Wildman–Crippen MR) is 112 cm³/mol. The molecular formula is C19H20Br2N2O4. The molecule has 1 N–H and O–H groups in total. The zero-order valence-electron chi connectivity index (χ0n) is 15.2. The number of methoxy groups -OCH3 is 1. The van der Waals surface area contributed by atoms with Crippen LogP contribution in [0, 0.1) is 6.92 Å². The van der Waals surface area contributed by atoms with E-state index >= 15 is 0 Å². The molecule has 0 saturated heterocycles. The first-order valence-corrected chi connectivity index (χ1v) is 9.74. The van der Waals surface area contributed by atoms with E-state index in [1.54, 1.807) is 19.2 Å². The SMILES string of the molecule is CCOc1c(Br)cc(/C=N/NC(=O)COc2ccc(C)cc2Br)cc1OC. The van der Waals surface area contributed by atoms with Crippen LogP contribution >= 0.6 is 31.9 Å². The number of amides is 1. The molecule has 0 aliphatic carbocycles. The van der Waals surface area contributed by atoms with Crippen LogP contribution in [0.2, 0.25) is 0 Å². The van der Waals surface area contributed by atoms with E-state index in [1.807, 2.05) is 32.0 Å². The number of nitrogens with zero attached hydrogens (tertiary/aromatic N) is 1. The number of nitrogens with one attached hydrogen (secondary N) is 1. The van der Waals surface area contributed by atoms with Gasteiger partial charge in [-0.25, -0.2) is 5.43 Å². The predicted octanol–water partition coefficient (Wildman–Crippen LogP) is 4.46. The minimum absolute atomic E-state index is 0.144. The fraction of sp³-hybridized carbons (Fsp3) is 0.263. The highest BCUT2D eigenvalue weighted by molar-refractivity contribution is 9.10. The third-order valence-electron chi connectivity index (χ3n) is 3.39. The maximum atomic E-state index is 11.9. The zero-order chi connectivity index (χ0) is 19.8. The summed E-state index contributed by atoms with van der Waals surface area (Å²) in [5, 5.41) is 3.95. The molecule has 0 aliphatic heterocycles. The van der Waals surface area contributed by atoms with Crippen molar-refractivity contribution in [2.24, 2.45) is 5.10 Å². The lowest BCUT2D eigenvalue weighted by Crippen LogP contribution is -2.24. The number of hydrazone groups is 1. The average Bonchev–Trinajstić information content (AvgIpc) is 2.63. The van der Waals surface area contributed by atoms with E-state index in [1.165, 1.54) is 6.21 Å². The molecule has 0 bridgehead atoms. The molecule has 0 aliphatic rings. The summed E-state index contributed by atoms with van der Waals surface area (Å²) >= 11 is 6.85. The largest absolute Gasteiger partial charge is 0.493 e. The Hall–Kier alpha value is -2.06. The fourth-order valence-corrected chi connectivity index (χ4v) is 3.36. The molecule has 0 saturated carbocycles. The molecule has 27 heavy (non-hydrogen) atoms. The molecule has 2 rings (SSSR count). The molecular weight excluding hydrogens is 480 g/mol. The monoisotopic (exact) mass is 498 g/mol. The van der Waals surface area contributed by atoms with Gasteiger partial charge in [0.25, 0.3) is 5.91 Å². The van der Waals surface area contributed by atoms with Gasteiger partial charge in [-0.05, 0) is 81.1 Å². The van der Waals surface area contributed by atoms with Crippen LogP contribution in [0.3, 0.4) is 0 Å². The van der Waals surface area contributed by atoms with Crippen LogP contribution < -0.4 is 19.6 Å². The summed E-state index contributed by atoms with van der Waals surface area (Å²) < 4.78 is 17.9. The quantitative estimate of drug-likeness (QED) is 0.430. The first kappa shape index (κ1) is 21.2. The molecule has 0 spiro atoms. The highest BCUT2D eigenvalue weighted by Crippen LogP contribution is 2.36. The van der Waals surface area contributed by atoms with E-state index in [0.29, 0.717) is 23.9 Å². The van der Waals surface area contributed by atoms with Gasteiger partial charge in [0.2, 0.25) is 0 Å². The van der Waals surface area contributed by atoms with Crippen molar-refractivity contribution in [1.29, 1.82) is 0 Å². The van der Waals surface area contributed by atoms with Crippen molar-refractivity contribution in [3.8, 4) is 17.2 Å². The van der Waals surface area contributed by atoms with E-state index in [9.17, 15) is 4.79 Å². The summed E-state index contributed by atoms with van der Waals surface area (Å²) in [6.45, 7) is 4.25. The lowest BCUT2D eigenvalue weighted by Gasteiger charge is -2.12. The van der Waals surface area contributed by atoms with E-state index in [0.717, 1.165) is 20.1 Å². The maximum absolute atomic E-state index is 11.9. The molecule has 8 heteroatoms. The lowest BCUT2D eigenvalue weighted by atomic mass is 10.2. The summed E-state index contributed by atoms with van der Waals surface area (Å²) in [7, 11) is 1.56. The average molecular weight is 500 g/mol. The number of carbonyl (C=O) groups excluding carboxylic acids is 1. The van der Waals surface area contributed by atoms with Crippen molar-refractivity contribution < 1.29 is 19.0 Å². The first-order chi connectivity index (χ1) is 12.9. The van der Waals surface area contributed by atoms with Crippen LogP contribution in [0.4, 0.5) is 0 Å². The minimum Gasteiger partial charge on any atom is -0.493 e. The number of rotatable bonds is 8. The zero-order valence-corrected chi connectivity index (χ0v) is 18.4. The third kappa shape index (κ3) is 6.25. The van der Waals surface area contributed by atoms with E-state index in [2.05, 4.69) is 42.4 Å². The molecule has 0 radical (unpaired) electrons. The summed E-state index contributed by atoms with van der Waals surface area (Å²) in [6.07, 6.45) is 1.52. The molecule has 6 nitrogen and oxygen atoms in total. The Bertz CT molecular complexity index is 841. The Labute approximate surface area is 175 Å². The minimum atomic E-state index is -0.365. The van der Waals surface area contributed by atoms with Gasteiger partial charge < -0.3 is 14.2 Å². The number of benzene rings is 2. The summed E-state index contributed by atoms with van der Waals surface area (Å²) in [6, 6.07) is 9.23. The summed E-state index contributed by atoms with van der Waals surface area (Å²) in [4.78, 5) is 11.9. The number of aryl methyl sites for hydroxylation is 1. The maximum Gasteiger partial charge on any atom is 0.277 e. The molecule has 2 aromatic rings. The van der Waals surface area contributed by atoms with Crippen LogP contribution in [0.1, 0.15) is 18.1 Å². The van der Waals surface area contributed by atoms with Crippen molar-refractivity contribution in [3.05, 3.63) is 50.4 Å². The molecule has 0 atom stereocenters. The Morgan fingerprint density at radius 2 is 1.93 bits per heavy atom. The third-order valence-corrected chi connectivity index (χ3v) is 4.60. The normalized spacial score (nSPS) is 10.7. The van der Waals surface area contributed by atoms with Gasteiger partial charge in [-0.2, -0.15) is 5.10 Å². The molecule has 0 fully saturated rings.